The molecule has 2 aromatic rings. The van der Waals surface area contributed by atoms with E-state index < -0.39 is 0 Å². The van der Waals surface area contributed by atoms with E-state index in [4.69, 9.17) is 0 Å². The van der Waals surface area contributed by atoms with Gasteiger partial charge >= 0.3 is 0 Å². The fourth-order valence-corrected chi connectivity index (χ4v) is 1.60. The van der Waals surface area contributed by atoms with Crippen molar-refractivity contribution in [2.24, 2.45) is 0 Å². The van der Waals surface area contributed by atoms with Crippen molar-refractivity contribution in [3.63, 3.8) is 0 Å². The quantitative estimate of drug-likeness (QED) is 0.608. The Bertz CT molecular complexity index is 424. The third kappa shape index (κ3) is 0.934. The van der Waals surface area contributed by atoms with Gasteiger partial charge in [-0.15, -0.1) is 0 Å². The molecule has 0 fully saturated rings. The van der Waals surface area contributed by atoms with Crippen LogP contribution in [0.15, 0.2) is 18.2 Å². The first kappa shape index (κ1) is 7.41. The Morgan fingerprint density at radius 2 is 1.83 bits per heavy atom. The van der Waals surface area contributed by atoms with E-state index in [-0.39, 0.29) is 0 Å². The van der Waals surface area contributed by atoms with Crippen LogP contribution in [0.3, 0.4) is 0 Å². The number of hydrogen-bond acceptors (Lipinski definition) is 0. The molecule has 0 unspecified atom stereocenters. The van der Waals surface area contributed by atoms with Crippen molar-refractivity contribution in [3.8, 4) is 0 Å². The number of aromatic nitrogens is 1. The van der Waals surface area contributed by atoms with Gasteiger partial charge in [0.05, 0.1) is 0 Å². The lowest BCUT2D eigenvalue weighted by Crippen LogP contribution is -1.79. The molecule has 0 aliphatic carbocycles. The highest BCUT2D eigenvalue weighted by molar-refractivity contribution is 5.84. The molecule has 1 aromatic heterocycles. The first-order valence-corrected chi connectivity index (χ1v) is 4.24. The normalized spacial score (nSPS) is 10.9. The van der Waals surface area contributed by atoms with Crippen LogP contribution >= 0.6 is 0 Å². The van der Waals surface area contributed by atoms with Gasteiger partial charge < -0.3 is 4.98 Å². The Balaban J connectivity index is 2.89. The molecule has 1 N–H and O–H groups in total. The average molecular weight is 159 g/mol. The maximum absolute atomic E-state index is 3.33. The minimum absolute atomic E-state index is 1.23. The van der Waals surface area contributed by atoms with E-state index in [9.17, 15) is 0 Å². The number of aryl methyl sites for hydroxylation is 3. The summed E-state index contributed by atoms with van der Waals surface area (Å²) in [6.45, 7) is 6.41. The average Bonchev–Trinajstić information content (AvgIpc) is 2.39. The molecule has 0 aliphatic rings. The number of fused-ring (bicyclic) bond motifs is 1. The third-order valence-corrected chi connectivity index (χ3v) is 2.48. The Morgan fingerprint density at radius 1 is 1.08 bits per heavy atom. The molecule has 1 heterocycles. The summed E-state index contributed by atoms with van der Waals surface area (Å²) in [5.41, 5.74) is 5.23. The monoisotopic (exact) mass is 159 g/mol. The number of nitrogens with one attached hydrogen (secondary N) is 1. The van der Waals surface area contributed by atoms with Crippen LogP contribution in [0.5, 0.6) is 0 Å². The number of hydrogen-bond donors (Lipinski definition) is 1. The maximum atomic E-state index is 3.33. The van der Waals surface area contributed by atoms with Crippen LogP contribution in [0, 0.1) is 20.8 Å². The maximum Gasteiger partial charge on any atom is 0.0458 e. The Labute approximate surface area is 72.4 Å². The van der Waals surface area contributed by atoms with E-state index in [1.54, 1.807) is 0 Å². The molecular weight excluding hydrogens is 146 g/mol. The number of H-pyrrole nitrogens is 1. The molecule has 0 spiro atoms. The lowest BCUT2D eigenvalue weighted by atomic mass is 10.1. The van der Waals surface area contributed by atoms with Crippen molar-refractivity contribution in [2.75, 3.05) is 0 Å². The highest BCUT2D eigenvalue weighted by Gasteiger charge is 2.01. The minimum atomic E-state index is 1.23. The Hall–Kier alpha value is -1.24. The topological polar surface area (TPSA) is 15.8 Å². The lowest BCUT2D eigenvalue weighted by Gasteiger charge is -1.99. The molecule has 12 heavy (non-hydrogen) atoms. The van der Waals surface area contributed by atoms with Crippen molar-refractivity contribution in [1.82, 2.24) is 4.98 Å². The zero-order chi connectivity index (χ0) is 8.72. The second kappa shape index (κ2) is 2.37. The van der Waals surface area contributed by atoms with E-state index in [1.165, 1.54) is 27.7 Å². The molecule has 0 atom stereocenters. The van der Waals surface area contributed by atoms with Crippen molar-refractivity contribution in [1.29, 1.82) is 0 Å². The number of benzene rings is 1. The molecule has 62 valence electrons. The SMILES string of the molecule is Cc1cc2c(C)c(C)ccc2[nH]1. The van der Waals surface area contributed by atoms with Crippen LogP contribution in [-0.2, 0) is 0 Å². The predicted octanol–water partition coefficient (Wildman–Crippen LogP) is 3.09. The highest BCUT2D eigenvalue weighted by atomic mass is 14.7. The fraction of sp³-hybridized carbons (Fsp3) is 0.273. The molecule has 2 rings (SSSR count). The largest absolute Gasteiger partial charge is 0.359 e. The molecule has 0 aliphatic heterocycles. The van der Waals surface area contributed by atoms with Crippen LogP contribution in [0.4, 0.5) is 0 Å². The van der Waals surface area contributed by atoms with Crippen molar-refractivity contribution >= 4 is 10.9 Å². The molecule has 0 bridgehead atoms. The zero-order valence-corrected chi connectivity index (χ0v) is 7.73. The van der Waals surface area contributed by atoms with Gasteiger partial charge in [-0.05, 0) is 44.0 Å². The van der Waals surface area contributed by atoms with Crippen molar-refractivity contribution in [2.45, 2.75) is 20.8 Å². The van der Waals surface area contributed by atoms with E-state index in [1.807, 2.05) is 0 Å². The van der Waals surface area contributed by atoms with E-state index in [2.05, 4.69) is 44.0 Å². The standard InChI is InChI=1S/C11H13N/c1-7-4-5-11-10(9(7)3)6-8(2)12-11/h4-6,12H,1-3H3. The van der Waals surface area contributed by atoms with Gasteiger partial charge in [-0.3, -0.25) is 0 Å². The Kier molecular flexibility index (Phi) is 1.47. The summed E-state index contributed by atoms with van der Waals surface area (Å²) in [5.74, 6) is 0. The van der Waals surface area contributed by atoms with Gasteiger partial charge in [-0.2, -0.15) is 0 Å². The molecule has 0 amide bonds. The summed E-state index contributed by atoms with van der Waals surface area (Å²) in [5, 5.41) is 1.35. The summed E-state index contributed by atoms with van der Waals surface area (Å²) < 4.78 is 0. The van der Waals surface area contributed by atoms with Crippen LogP contribution in [-0.4, -0.2) is 4.98 Å². The van der Waals surface area contributed by atoms with Gasteiger partial charge in [0.2, 0.25) is 0 Å². The second-order valence-corrected chi connectivity index (χ2v) is 3.42. The molecule has 0 saturated heterocycles. The summed E-state index contributed by atoms with van der Waals surface area (Å²) in [7, 11) is 0. The summed E-state index contributed by atoms with van der Waals surface area (Å²) >= 11 is 0. The van der Waals surface area contributed by atoms with Gasteiger partial charge in [-0.1, -0.05) is 6.07 Å². The second-order valence-electron chi connectivity index (χ2n) is 3.42. The van der Waals surface area contributed by atoms with Gasteiger partial charge in [0, 0.05) is 16.6 Å². The number of rotatable bonds is 0. The van der Waals surface area contributed by atoms with E-state index in [0.717, 1.165) is 0 Å². The molecule has 1 aromatic carbocycles. The van der Waals surface area contributed by atoms with Crippen molar-refractivity contribution < 1.29 is 0 Å². The van der Waals surface area contributed by atoms with E-state index >= 15 is 0 Å². The van der Waals surface area contributed by atoms with E-state index in [0.29, 0.717) is 0 Å². The van der Waals surface area contributed by atoms with Crippen LogP contribution in [0.25, 0.3) is 10.9 Å². The summed E-state index contributed by atoms with van der Waals surface area (Å²) in [6, 6.07) is 6.51. The fourth-order valence-electron chi connectivity index (χ4n) is 1.60. The van der Waals surface area contributed by atoms with Crippen LogP contribution < -0.4 is 0 Å². The number of aromatic amines is 1. The minimum Gasteiger partial charge on any atom is -0.359 e. The van der Waals surface area contributed by atoms with Gasteiger partial charge in [-0.25, -0.2) is 0 Å². The smallest absolute Gasteiger partial charge is 0.0458 e. The lowest BCUT2D eigenvalue weighted by molar-refractivity contribution is 1.30. The van der Waals surface area contributed by atoms with Crippen LogP contribution in [0.2, 0.25) is 0 Å². The van der Waals surface area contributed by atoms with Gasteiger partial charge in [0.15, 0.2) is 0 Å². The molecule has 1 nitrogen and oxygen atoms in total. The highest BCUT2D eigenvalue weighted by Crippen LogP contribution is 2.21. The third-order valence-electron chi connectivity index (χ3n) is 2.48. The zero-order valence-electron chi connectivity index (χ0n) is 7.73. The summed E-state index contributed by atoms with van der Waals surface area (Å²) in [6.07, 6.45) is 0. The predicted molar refractivity (Wildman–Crippen MR) is 52.5 cm³/mol. The Morgan fingerprint density at radius 3 is 2.58 bits per heavy atom. The molecule has 0 radical (unpaired) electrons. The first-order valence-electron chi connectivity index (χ1n) is 4.24. The molecule has 1 heteroatoms. The summed E-state index contributed by atoms with van der Waals surface area (Å²) in [4.78, 5) is 3.33. The molecular formula is C11H13N. The van der Waals surface area contributed by atoms with Crippen molar-refractivity contribution in [3.05, 3.63) is 35.0 Å². The van der Waals surface area contributed by atoms with Gasteiger partial charge in [0.25, 0.3) is 0 Å². The van der Waals surface area contributed by atoms with Crippen LogP contribution in [0.1, 0.15) is 16.8 Å². The van der Waals surface area contributed by atoms with Gasteiger partial charge in [0.1, 0.15) is 0 Å². The molecule has 0 saturated carbocycles. The first-order chi connectivity index (χ1) is 5.68.